The van der Waals surface area contributed by atoms with Crippen molar-refractivity contribution in [3.8, 4) is 0 Å². The molecule has 0 saturated heterocycles. The summed E-state index contributed by atoms with van der Waals surface area (Å²) in [6.45, 7) is 6.64. The fourth-order valence-electron chi connectivity index (χ4n) is 3.28. The molecule has 4 rings (SSSR count). The Hall–Kier alpha value is -3.14. The molecule has 4 heteroatoms. The molecule has 2 heterocycles. The van der Waals surface area contributed by atoms with Crippen molar-refractivity contribution in [2.75, 3.05) is 11.1 Å². The Bertz CT molecular complexity index is 1090. The lowest BCUT2D eigenvalue weighted by atomic mass is 9.87. The molecule has 0 bridgehead atoms. The van der Waals surface area contributed by atoms with Gasteiger partial charge in [-0.25, -0.2) is 0 Å². The van der Waals surface area contributed by atoms with Gasteiger partial charge in [-0.15, -0.1) is 0 Å². The summed E-state index contributed by atoms with van der Waals surface area (Å²) in [5.41, 5.74) is 10.6. The summed E-state index contributed by atoms with van der Waals surface area (Å²) >= 11 is 0. The summed E-state index contributed by atoms with van der Waals surface area (Å²) < 4.78 is 0. The number of hydrogen-bond donors (Lipinski definition) is 2. The molecule has 0 fully saturated rings. The molecule has 4 aromatic rings. The Morgan fingerprint density at radius 3 is 1.96 bits per heavy atom. The zero-order chi connectivity index (χ0) is 18.3. The number of benzene rings is 2. The smallest absolute Gasteiger partial charge is 0.0705 e. The quantitative estimate of drug-likeness (QED) is 0.290. The van der Waals surface area contributed by atoms with Gasteiger partial charge in [0.1, 0.15) is 0 Å². The number of anilines is 3. The first kappa shape index (κ1) is 16.3. The molecule has 4 nitrogen and oxygen atoms in total. The van der Waals surface area contributed by atoms with E-state index in [1.807, 2.05) is 24.5 Å². The second-order valence-corrected chi connectivity index (χ2v) is 7.58. The van der Waals surface area contributed by atoms with Crippen LogP contribution in [0, 0.1) is 0 Å². The number of nitrogen functional groups attached to an aromatic ring is 1. The maximum atomic E-state index is 6.52. The maximum absolute atomic E-state index is 6.52. The molecule has 0 spiro atoms. The van der Waals surface area contributed by atoms with Gasteiger partial charge in [0.05, 0.1) is 11.4 Å². The van der Waals surface area contributed by atoms with Crippen molar-refractivity contribution in [2.45, 2.75) is 26.2 Å². The molecule has 0 saturated carbocycles. The molecule has 26 heavy (non-hydrogen) atoms. The topological polar surface area (TPSA) is 63.8 Å². The Kier molecular flexibility index (Phi) is 3.76. The van der Waals surface area contributed by atoms with Gasteiger partial charge in [-0.05, 0) is 35.2 Å². The molecule has 0 aliphatic carbocycles. The Morgan fingerprint density at radius 2 is 1.35 bits per heavy atom. The third kappa shape index (κ3) is 2.73. The van der Waals surface area contributed by atoms with Gasteiger partial charge in [-0.3, -0.25) is 9.97 Å². The predicted molar refractivity (Wildman–Crippen MR) is 110 cm³/mol. The minimum Gasteiger partial charge on any atom is -0.397 e. The van der Waals surface area contributed by atoms with E-state index in [0.29, 0.717) is 0 Å². The number of nitrogens with zero attached hydrogens (tertiary/aromatic N) is 2. The minimum absolute atomic E-state index is 0.131. The minimum atomic E-state index is 0.131. The Balaban J connectivity index is 1.87. The van der Waals surface area contributed by atoms with E-state index in [-0.39, 0.29) is 5.41 Å². The Morgan fingerprint density at radius 1 is 0.769 bits per heavy atom. The van der Waals surface area contributed by atoms with Crippen molar-refractivity contribution in [2.24, 2.45) is 0 Å². The number of aromatic nitrogens is 2. The highest BCUT2D eigenvalue weighted by atomic mass is 14.9. The lowest BCUT2D eigenvalue weighted by molar-refractivity contribution is 0.590. The van der Waals surface area contributed by atoms with Crippen LogP contribution in [0.25, 0.3) is 21.5 Å². The first-order valence-electron chi connectivity index (χ1n) is 8.71. The van der Waals surface area contributed by atoms with E-state index in [1.165, 1.54) is 5.56 Å². The second kappa shape index (κ2) is 5.99. The van der Waals surface area contributed by atoms with Crippen LogP contribution >= 0.6 is 0 Å². The number of fused-ring (bicyclic) bond motifs is 3. The van der Waals surface area contributed by atoms with Crippen molar-refractivity contribution in [3.05, 3.63) is 66.7 Å². The summed E-state index contributed by atoms with van der Waals surface area (Å²) in [6.07, 6.45) is 7.27. The van der Waals surface area contributed by atoms with Crippen molar-refractivity contribution >= 4 is 38.6 Å². The summed E-state index contributed by atoms with van der Waals surface area (Å²) in [5.74, 6) is 0. The van der Waals surface area contributed by atoms with E-state index < -0.39 is 0 Å². The predicted octanol–water partition coefficient (Wildman–Crippen LogP) is 5.41. The molecule has 0 aliphatic heterocycles. The normalized spacial score (nSPS) is 11.8. The van der Waals surface area contributed by atoms with Crippen molar-refractivity contribution in [1.82, 2.24) is 9.97 Å². The average molecular weight is 342 g/mol. The van der Waals surface area contributed by atoms with Crippen LogP contribution in [0.15, 0.2) is 61.2 Å². The number of pyridine rings is 2. The molecular formula is C22H22N4. The number of nitrogens with one attached hydrogen (secondary N) is 1. The summed E-state index contributed by atoms with van der Waals surface area (Å²) in [6, 6.07) is 12.5. The zero-order valence-corrected chi connectivity index (χ0v) is 15.2. The molecular weight excluding hydrogens is 320 g/mol. The molecule has 2 aromatic carbocycles. The van der Waals surface area contributed by atoms with E-state index >= 15 is 0 Å². The van der Waals surface area contributed by atoms with Crippen LogP contribution in [0.5, 0.6) is 0 Å². The van der Waals surface area contributed by atoms with Gasteiger partial charge in [0.2, 0.25) is 0 Å². The van der Waals surface area contributed by atoms with Gasteiger partial charge >= 0.3 is 0 Å². The summed E-state index contributed by atoms with van der Waals surface area (Å²) in [4.78, 5) is 8.53. The molecule has 0 radical (unpaired) electrons. The third-order valence-electron chi connectivity index (χ3n) is 4.78. The van der Waals surface area contributed by atoms with E-state index in [1.54, 1.807) is 12.4 Å². The molecule has 0 aliphatic rings. The number of rotatable bonds is 2. The van der Waals surface area contributed by atoms with E-state index in [2.05, 4.69) is 60.3 Å². The van der Waals surface area contributed by atoms with Gasteiger partial charge < -0.3 is 11.1 Å². The molecule has 0 amide bonds. The second-order valence-electron chi connectivity index (χ2n) is 7.58. The monoisotopic (exact) mass is 342 g/mol. The van der Waals surface area contributed by atoms with Crippen LogP contribution in [-0.2, 0) is 5.41 Å². The van der Waals surface area contributed by atoms with Gasteiger partial charge in [-0.1, -0.05) is 32.9 Å². The molecule has 0 atom stereocenters. The highest BCUT2D eigenvalue weighted by Gasteiger charge is 2.15. The lowest BCUT2D eigenvalue weighted by Gasteiger charge is -2.20. The standard InChI is InChI=1S/C22H22N4/c1-22(2,3)14-4-6-15(7-5-14)26-21-17-9-11-25-13-19(17)18-12-24-10-8-16(18)20(21)23/h4-13,26H,23H2,1-3H3. The molecule has 0 unspecified atom stereocenters. The highest BCUT2D eigenvalue weighted by Crippen LogP contribution is 2.39. The van der Waals surface area contributed by atoms with Gasteiger partial charge in [0, 0.05) is 52.0 Å². The van der Waals surface area contributed by atoms with Crippen molar-refractivity contribution in [1.29, 1.82) is 0 Å². The van der Waals surface area contributed by atoms with Crippen LogP contribution in [0.3, 0.4) is 0 Å². The number of nitrogens with two attached hydrogens (primary N) is 1. The first-order chi connectivity index (χ1) is 12.4. The van der Waals surface area contributed by atoms with Crippen molar-refractivity contribution in [3.63, 3.8) is 0 Å². The fourth-order valence-corrected chi connectivity index (χ4v) is 3.28. The Labute approximate surface area is 153 Å². The van der Waals surface area contributed by atoms with Crippen molar-refractivity contribution < 1.29 is 0 Å². The number of hydrogen-bond acceptors (Lipinski definition) is 4. The van der Waals surface area contributed by atoms with E-state index in [4.69, 9.17) is 5.73 Å². The highest BCUT2D eigenvalue weighted by molar-refractivity contribution is 6.19. The fraction of sp³-hybridized carbons (Fsp3) is 0.182. The van der Waals surface area contributed by atoms with Gasteiger partial charge in [0.25, 0.3) is 0 Å². The van der Waals surface area contributed by atoms with Crippen LogP contribution in [0.4, 0.5) is 17.1 Å². The third-order valence-corrected chi connectivity index (χ3v) is 4.78. The van der Waals surface area contributed by atoms with Crippen LogP contribution in [0.2, 0.25) is 0 Å². The van der Waals surface area contributed by atoms with Crippen LogP contribution < -0.4 is 11.1 Å². The summed E-state index contributed by atoms with van der Waals surface area (Å²) in [5, 5.41) is 7.59. The average Bonchev–Trinajstić information content (AvgIpc) is 2.65. The van der Waals surface area contributed by atoms with E-state index in [0.717, 1.165) is 38.6 Å². The van der Waals surface area contributed by atoms with Gasteiger partial charge in [0.15, 0.2) is 0 Å². The first-order valence-corrected chi connectivity index (χ1v) is 8.71. The van der Waals surface area contributed by atoms with E-state index in [9.17, 15) is 0 Å². The van der Waals surface area contributed by atoms with Crippen LogP contribution in [0.1, 0.15) is 26.3 Å². The zero-order valence-electron chi connectivity index (χ0n) is 15.2. The summed E-state index contributed by atoms with van der Waals surface area (Å²) in [7, 11) is 0. The van der Waals surface area contributed by atoms with Crippen LogP contribution in [-0.4, -0.2) is 9.97 Å². The van der Waals surface area contributed by atoms with Gasteiger partial charge in [-0.2, -0.15) is 0 Å². The maximum Gasteiger partial charge on any atom is 0.0705 e. The lowest BCUT2D eigenvalue weighted by Crippen LogP contribution is -2.10. The molecule has 2 aromatic heterocycles. The SMILES string of the molecule is CC(C)(C)c1ccc(Nc2c(N)c3ccncc3c3cnccc23)cc1. The molecule has 130 valence electrons. The largest absolute Gasteiger partial charge is 0.397 e. The molecule has 3 N–H and O–H groups in total.